The minimum Gasteiger partial charge on any atom is -0.481 e. The third-order valence-corrected chi connectivity index (χ3v) is 1.90. The molecule has 1 heterocycles. The van der Waals surface area contributed by atoms with Crippen molar-refractivity contribution in [1.82, 2.24) is 4.98 Å². The van der Waals surface area contributed by atoms with Crippen molar-refractivity contribution in [3.8, 4) is 5.88 Å². The normalized spacial score (nSPS) is 10.5. The van der Waals surface area contributed by atoms with E-state index in [4.69, 9.17) is 5.73 Å². The summed E-state index contributed by atoms with van der Waals surface area (Å²) < 4.78 is 29.7. The largest absolute Gasteiger partial charge is 0.481 e. The Kier molecular flexibility index (Phi) is 3.18. The number of pyridine rings is 1. The molecule has 0 unspecified atom stereocenters. The van der Waals surface area contributed by atoms with Crippen molar-refractivity contribution in [3.05, 3.63) is 22.9 Å². The topological polar surface area (TPSA) is 65.2 Å². The van der Waals surface area contributed by atoms with E-state index in [1.54, 1.807) is 0 Å². The standard InChI is InChI=1S/C9H10F2N2O2/c1-4-5(8(12)14)3-6(7(10)11)9(13-4)15-2/h3,7H,1-2H3,(H2,12,14). The van der Waals surface area contributed by atoms with E-state index in [9.17, 15) is 13.6 Å². The molecule has 1 amide bonds. The van der Waals surface area contributed by atoms with Gasteiger partial charge in [-0.2, -0.15) is 0 Å². The monoisotopic (exact) mass is 216 g/mol. The number of nitrogens with two attached hydrogens (primary N) is 1. The number of aryl methyl sites for hydroxylation is 1. The molecule has 1 aromatic heterocycles. The summed E-state index contributed by atoms with van der Waals surface area (Å²) in [6, 6.07) is 1.01. The molecule has 6 heteroatoms. The average Bonchev–Trinajstić information content (AvgIpc) is 2.16. The molecule has 82 valence electrons. The van der Waals surface area contributed by atoms with Gasteiger partial charge in [0, 0.05) is 0 Å². The summed E-state index contributed by atoms with van der Waals surface area (Å²) in [4.78, 5) is 14.6. The Balaban J connectivity index is 3.37. The molecule has 0 aromatic carbocycles. The first kappa shape index (κ1) is 11.4. The zero-order valence-corrected chi connectivity index (χ0v) is 8.25. The van der Waals surface area contributed by atoms with E-state index < -0.39 is 17.9 Å². The molecule has 0 saturated heterocycles. The Morgan fingerprint density at radius 1 is 1.60 bits per heavy atom. The lowest BCUT2D eigenvalue weighted by Gasteiger charge is -2.09. The fourth-order valence-corrected chi connectivity index (χ4v) is 1.17. The minimum atomic E-state index is -2.76. The summed E-state index contributed by atoms with van der Waals surface area (Å²) in [6.45, 7) is 1.50. The molecule has 0 spiro atoms. The number of carbonyl (C=O) groups excluding carboxylic acids is 1. The molecule has 15 heavy (non-hydrogen) atoms. The van der Waals surface area contributed by atoms with Gasteiger partial charge in [0.25, 0.3) is 12.3 Å². The first-order chi connectivity index (χ1) is 6.97. The van der Waals surface area contributed by atoms with Gasteiger partial charge in [-0.25, -0.2) is 13.8 Å². The molecule has 0 saturated carbocycles. The van der Waals surface area contributed by atoms with Gasteiger partial charge >= 0.3 is 0 Å². The summed E-state index contributed by atoms with van der Waals surface area (Å²) in [5.74, 6) is -0.975. The van der Waals surface area contributed by atoms with Crippen LogP contribution in [0.25, 0.3) is 0 Å². The lowest BCUT2D eigenvalue weighted by molar-refractivity contribution is 0.0998. The Morgan fingerprint density at radius 2 is 2.20 bits per heavy atom. The van der Waals surface area contributed by atoms with Gasteiger partial charge in [-0.3, -0.25) is 4.79 Å². The molecule has 2 N–H and O–H groups in total. The van der Waals surface area contributed by atoms with Gasteiger partial charge in [0.2, 0.25) is 5.88 Å². The number of alkyl halides is 2. The molecular formula is C9H10F2N2O2. The molecule has 0 aliphatic rings. The molecule has 0 radical (unpaired) electrons. The Bertz CT molecular complexity index is 394. The quantitative estimate of drug-likeness (QED) is 0.831. The third kappa shape index (κ3) is 2.20. The van der Waals surface area contributed by atoms with Crippen molar-refractivity contribution in [2.24, 2.45) is 5.73 Å². The van der Waals surface area contributed by atoms with Gasteiger partial charge in [-0.05, 0) is 13.0 Å². The molecule has 0 atom stereocenters. The zero-order valence-electron chi connectivity index (χ0n) is 8.25. The second-order valence-corrected chi connectivity index (χ2v) is 2.88. The molecule has 0 bridgehead atoms. The van der Waals surface area contributed by atoms with Crippen molar-refractivity contribution in [2.75, 3.05) is 7.11 Å². The van der Waals surface area contributed by atoms with E-state index in [0.29, 0.717) is 0 Å². The van der Waals surface area contributed by atoms with Crippen LogP contribution in [0.15, 0.2) is 6.07 Å². The van der Waals surface area contributed by atoms with Gasteiger partial charge in [-0.15, -0.1) is 0 Å². The van der Waals surface area contributed by atoms with Crippen molar-refractivity contribution < 1.29 is 18.3 Å². The molecule has 1 rings (SSSR count). The van der Waals surface area contributed by atoms with Gasteiger partial charge in [0.1, 0.15) is 0 Å². The number of aromatic nitrogens is 1. The first-order valence-corrected chi connectivity index (χ1v) is 4.10. The van der Waals surface area contributed by atoms with Gasteiger partial charge in [0.15, 0.2) is 0 Å². The van der Waals surface area contributed by atoms with Crippen molar-refractivity contribution >= 4 is 5.91 Å². The lowest BCUT2D eigenvalue weighted by atomic mass is 10.1. The van der Waals surface area contributed by atoms with Crippen LogP contribution in [0.3, 0.4) is 0 Å². The summed E-state index contributed by atoms with van der Waals surface area (Å²) >= 11 is 0. The average molecular weight is 216 g/mol. The maximum Gasteiger partial charge on any atom is 0.269 e. The zero-order chi connectivity index (χ0) is 11.6. The number of ether oxygens (including phenoxy) is 1. The van der Waals surface area contributed by atoms with Gasteiger partial charge in [-0.1, -0.05) is 0 Å². The fraction of sp³-hybridized carbons (Fsp3) is 0.333. The molecular weight excluding hydrogens is 206 g/mol. The highest BCUT2D eigenvalue weighted by atomic mass is 19.3. The summed E-state index contributed by atoms with van der Waals surface area (Å²) in [7, 11) is 1.23. The van der Waals surface area contributed by atoms with Crippen LogP contribution in [-0.4, -0.2) is 18.0 Å². The van der Waals surface area contributed by atoms with Crippen LogP contribution in [0.2, 0.25) is 0 Å². The Labute approximate surface area is 85.1 Å². The van der Waals surface area contributed by atoms with Crippen LogP contribution < -0.4 is 10.5 Å². The number of carbonyl (C=O) groups is 1. The lowest BCUT2D eigenvalue weighted by Crippen LogP contribution is -2.15. The van der Waals surface area contributed by atoms with E-state index in [2.05, 4.69) is 9.72 Å². The number of methoxy groups -OCH3 is 1. The SMILES string of the molecule is COc1nc(C)c(C(N)=O)cc1C(F)F. The van der Waals surface area contributed by atoms with Crippen molar-refractivity contribution in [1.29, 1.82) is 0 Å². The van der Waals surface area contributed by atoms with Crippen LogP contribution in [0.5, 0.6) is 5.88 Å². The number of hydrogen-bond donors (Lipinski definition) is 1. The van der Waals surface area contributed by atoms with Crippen LogP contribution >= 0.6 is 0 Å². The predicted octanol–water partition coefficient (Wildman–Crippen LogP) is 1.44. The molecule has 0 aliphatic heterocycles. The highest BCUT2D eigenvalue weighted by molar-refractivity contribution is 5.94. The summed E-state index contributed by atoms with van der Waals surface area (Å²) in [6.07, 6.45) is -2.76. The van der Waals surface area contributed by atoms with Crippen LogP contribution in [0.4, 0.5) is 8.78 Å². The first-order valence-electron chi connectivity index (χ1n) is 4.10. The summed E-state index contributed by atoms with van der Waals surface area (Å²) in [5, 5.41) is 0. The fourth-order valence-electron chi connectivity index (χ4n) is 1.17. The molecule has 4 nitrogen and oxygen atoms in total. The maximum atomic E-state index is 12.5. The van der Waals surface area contributed by atoms with E-state index in [0.717, 1.165) is 6.07 Å². The third-order valence-electron chi connectivity index (χ3n) is 1.90. The minimum absolute atomic E-state index is 0.0221. The van der Waals surface area contributed by atoms with Crippen molar-refractivity contribution in [2.45, 2.75) is 13.3 Å². The predicted molar refractivity (Wildman–Crippen MR) is 49.0 cm³/mol. The van der Waals surface area contributed by atoms with Gasteiger partial charge < -0.3 is 10.5 Å². The highest BCUT2D eigenvalue weighted by Crippen LogP contribution is 2.28. The van der Waals surface area contributed by atoms with E-state index >= 15 is 0 Å². The summed E-state index contributed by atoms with van der Waals surface area (Å²) in [5.41, 5.74) is 4.82. The number of nitrogens with zero attached hydrogens (tertiary/aromatic N) is 1. The second-order valence-electron chi connectivity index (χ2n) is 2.88. The Morgan fingerprint density at radius 3 is 2.60 bits per heavy atom. The van der Waals surface area contributed by atoms with E-state index in [1.807, 2.05) is 0 Å². The molecule has 0 fully saturated rings. The van der Waals surface area contributed by atoms with Crippen LogP contribution in [-0.2, 0) is 0 Å². The number of amides is 1. The smallest absolute Gasteiger partial charge is 0.269 e. The van der Waals surface area contributed by atoms with Gasteiger partial charge in [0.05, 0.1) is 23.9 Å². The van der Waals surface area contributed by atoms with Crippen molar-refractivity contribution in [3.63, 3.8) is 0 Å². The molecule has 0 aliphatic carbocycles. The Hall–Kier alpha value is -1.72. The maximum absolute atomic E-state index is 12.5. The second kappa shape index (κ2) is 4.20. The van der Waals surface area contributed by atoms with Crippen LogP contribution in [0.1, 0.15) is 28.0 Å². The van der Waals surface area contributed by atoms with Crippen LogP contribution in [0, 0.1) is 6.92 Å². The highest BCUT2D eigenvalue weighted by Gasteiger charge is 2.19. The number of halogens is 2. The number of primary amides is 1. The van der Waals surface area contributed by atoms with E-state index in [-0.39, 0.29) is 17.1 Å². The number of hydrogen-bond acceptors (Lipinski definition) is 3. The number of rotatable bonds is 3. The van der Waals surface area contributed by atoms with E-state index in [1.165, 1.54) is 14.0 Å². The molecule has 1 aromatic rings.